The molecule has 2 rings (SSSR count). The highest BCUT2D eigenvalue weighted by molar-refractivity contribution is 5.43. The number of allylic oxidation sites excluding steroid dienone is 1. The van der Waals surface area contributed by atoms with Crippen LogP contribution in [0, 0.1) is 12.3 Å². The summed E-state index contributed by atoms with van der Waals surface area (Å²) in [7, 11) is 0. The van der Waals surface area contributed by atoms with Crippen molar-refractivity contribution in [2.45, 2.75) is 26.9 Å². The van der Waals surface area contributed by atoms with Crippen LogP contribution in [0.5, 0.6) is 0 Å². The van der Waals surface area contributed by atoms with Gasteiger partial charge in [0.1, 0.15) is 6.10 Å². The Morgan fingerprint density at radius 1 is 1.14 bits per heavy atom. The molecule has 0 aromatic heterocycles. The Morgan fingerprint density at radius 3 is 2.07 bits per heavy atom. The highest BCUT2D eigenvalue weighted by atomic mass is 16.3. The maximum atomic E-state index is 10.0. The highest BCUT2D eigenvalue weighted by Crippen LogP contribution is 2.49. The Morgan fingerprint density at radius 2 is 1.64 bits per heavy atom. The fourth-order valence-electron chi connectivity index (χ4n) is 1.71. The molecule has 0 bridgehead atoms. The van der Waals surface area contributed by atoms with Crippen molar-refractivity contribution in [1.29, 1.82) is 0 Å². The molecule has 1 atom stereocenters. The molecule has 0 saturated heterocycles. The molecule has 1 N–H and O–H groups in total. The highest BCUT2D eigenvalue weighted by Gasteiger charge is 2.38. The van der Waals surface area contributed by atoms with Gasteiger partial charge >= 0.3 is 0 Å². The van der Waals surface area contributed by atoms with Crippen LogP contribution in [0.4, 0.5) is 0 Å². The normalized spacial score (nSPS) is 20.1. The Labute approximate surface area is 85.1 Å². The molecule has 1 heteroatoms. The van der Waals surface area contributed by atoms with Gasteiger partial charge in [0.2, 0.25) is 0 Å². The zero-order valence-electron chi connectivity index (χ0n) is 8.91. The van der Waals surface area contributed by atoms with Gasteiger partial charge in [-0.15, -0.1) is 0 Å². The molecule has 0 radical (unpaired) electrons. The molecule has 1 nitrogen and oxygen atoms in total. The number of aliphatic hydroxyl groups is 1. The maximum absolute atomic E-state index is 10.0. The monoisotopic (exact) mass is 188 g/mol. The van der Waals surface area contributed by atoms with Crippen molar-refractivity contribution in [2.24, 2.45) is 5.41 Å². The van der Waals surface area contributed by atoms with E-state index in [-0.39, 0.29) is 5.41 Å². The second-order valence-corrected chi connectivity index (χ2v) is 4.63. The van der Waals surface area contributed by atoms with Crippen LogP contribution in [0.3, 0.4) is 0 Å². The minimum atomic E-state index is -0.411. The molecular weight excluding hydrogens is 172 g/mol. The van der Waals surface area contributed by atoms with E-state index in [4.69, 9.17) is 0 Å². The number of hydrogen-bond acceptors (Lipinski definition) is 1. The quantitative estimate of drug-likeness (QED) is 0.707. The van der Waals surface area contributed by atoms with Crippen molar-refractivity contribution >= 4 is 0 Å². The first-order valence-electron chi connectivity index (χ1n) is 4.98. The Kier molecular flexibility index (Phi) is 2.00. The molecule has 1 aromatic carbocycles. The summed E-state index contributed by atoms with van der Waals surface area (Å²) in [5, 5.41) is 10.0. The summed E-state index contributed by atoms with van der Waals surface area (Å²) in [6.45, 7) is 6.30. The molecule has 0 heterocycles. The zero-order valence-corrected chi connectivity index (χ0v) is 8.91. The summed E-state index contributed by atoms with van der Waals surface area (Å²) in [6, 6.07) is 8.06. The Bertz CT molecular complexity index is 371. The van der Waals surface area contributed by atoms with E-state index >= 15 is 0 Å². The molecule has 0 amide bonds. The summed E-state index contributed by atoms with van der Waals surface area (Å²) < 4.78 is 0. The number of aryl methyl sites for hydroxylation is 1. The lowest BCUT2D eigenvalue weighted by Crippen LogP contribution is -2.01. The number of aliphatic hydroxyl groups excluding tert-OH is 1. The number of hydrogen-bond donors (Lipinski definition) is 1. The van der Waals surface area contributed by atoms with Gasteiger partial charge in [0.25, 0.3) is 0 Å². The van der Waals surface area contributed by atoms with Gasteiger partial charge in [-0.2, -0.15) is 0 Å². The van der Waals surface area contributed by atoms with Crippen LogP contribution in [-0.2, 0) is 0 Å². The first kappa shape index (κ1) is 9.47. The standard InChI is InChI=1S/C13H16O/c1-9-4-6-10(7-5-9)12(14)11-8-13(11,2)3/h4-8,12,14H,1-3H3. The molecule has 1 aliphatic carbocycles. The largest absolute Gasteiger partial charge is 0.384 e. The van der Waals surface area contributed by atoms with Crippen molar-refractivity contribution in [3.8, 4) is 0 Å². The van der Waals surface area contributed by atoms with Crippen LogP contribution in [-0.4, -0.2) is 5.11 Å². The second-order valence-electron chi connectivity index (χ2n) is 4.63. The lowest BCUT2D eigenvalue weighted by atomic mass is 9.98. The van der Waals surface area contributed by atoms with E-state index in [1.54, 1.807) is 0 Å². The average Bonchev–Trinajstić information content (AvgIpc) is 2.75. The van der Waals surface area contributed by atoms with Gasteiger partial charge < -0.3 is 5.11 Å². The summed E-state index contributed by atoms with van der Waals surface area (Å²) in [6.07, 6.45) is 1.71. The summed E-state index contributed by atoms with van der Waals surface area (Å²) in [4.78, 5) is 0. The third-order valence-corrected chi connectivity index (χ3v) is 2.86. The van der Waals surface area contributed by atoms with Gasteiger partial charge in [-0.05, 0) is 18.1 Å². The molecule has 1 unspecified atom stereocenters. The lowest BCUT2D eigenvalue weighted by Gasteiger charge is -2.12. The zero-order chi connectivity index (χ0) is 10.3. The molecule has 0 saturated carbocycles. The van der Waals surface area contributed by atoms with E-state index in [1.807, 2.05) is 24.3 Å². The third-order valence-electron chi connectivity index (χ3n) is 2.86. The maximum Gasteiger partial charge on any atom is 0.101 e. The van der Waals surface area contributed by atoms with E-state index in [9.17, 15) is 5.11 Å². The Balaban J connectivity index is 2.17. The summed E-state index contributed by atoms with van der Waals surface area (Å²) in [5.74, 6) is 0. The van der Waals surface area contributed by atoms with Crippen molar-refractivity contribution < 1.29 is 5.11 Å². The van der Waals surface area contributed by atoms with Gasteiger partial charge in [-0.25, -0.2) is 0 Å². The van der Waals surface area contributed by atoms with E-state index in [1.165, 1.54) is 5.56 Å². The van der Waals surface area contributed by atoms with E-state index in [2.05, 4.69) is 26.8 Å². The minimum Gasteiger partial charge on any atom is -0.384 e. The van der Waals surface area contributed by atoms with Crippen molar-refractivity contribution in [3.63, 3.8) is 0 Å². The molecule has 1 aromatic rings. The van der Waals surface area contributed by atoms with Crippen LogP contribution >= 0.6 is 0 Å². The van der Waals surface area contributed by atoms with E-state index < -0.39 is 6.10 Å². The van der Waals surface area contributed by atoms with Crippen LogP contribution < -0.4 is 0 Å². The van der Waals surface area contributed by atoms with Crippen molar-refractivity contribution in [2.75, 3.05) is 0 Å². The van der Waals surface area contributed by atoms with Crippen LogP contribution in [0.2, 0.25) is 0 Å². The van der Waals surface area contributed by atoms with Crippen molar-refractivity contribution in [1.82, 2.24) is 0 Å². The molecule has 0 spiro atoms. The predicted molar refractivity (Wildman–Crippen MR) is 58.0 cm³/mol. The Hall–Kier alpha value is -1.08. The fourth-order valence-corrected chi connectivity index (χ4v) is 1.71. The van der Waals surface area contributed by atoms with Crippen LogP contribution in [0.15, 0.2) is 35.9 Å². The van der Waals surface area contributed by atoms with Gasteiger partial charge in [-0.1, -0.05) is 49.8 Å². The second kappa shape index (κ2) is 2.96. The lowest BCUT2D eigenvalue weighted by molar-refractivity contribution is 0.211. The van der Waals surface area contributed by atoms with Crippen LogP contribution in [0.1, 0.15) is 31.1 Å². The topological polar surface area (TPSA) is 20.2 Å². The summed E-state index contributed by atoms with van der Waals surface area (Å²) >= 11 is 0. The SMILES string of the molecule is Cc1ccc(C(O)C2=CC2(C)C)cc1. The molecule has 14 heavy (non-hydrogen) atoms. The molecular formula is C13H16O. The first-order chi connectivity index (χ1) is 6.50. The van der Waals surface area contributed by atoms with Gasteiger partial charge in [0, 0.05) is 5.41 Å². The van der Waals surface area contributed by atoms with Crippen molar-refractivity contribution in [3.05, 3.63) is 47.0 Å². The summed E-state index contributed by atoms with van der Waals surface area (Å²) in [5.41, 5.74) is 3.49. The molecule has 0 fully saturated rings. The molecule has 74 valence electrons. The van der Waals surface area contributed by atoms with Gasteiger partial charge in [0.05, 0.1) is 0 Å². The van der Waals surface area contributed by atoms with Gasteiger partial charge in [0.15, 0.2) is 0 Å². The van der Waals surface area contributed by atoms with Gasteiger partial charge in [-0.3, -0.25) is 0 Å². The minimum absolute atomic E-state index is 0.129. The van der Waals surface area contributed by atoms with Crippen LogP contribution in [0.25, 0.3) is 0 Å². The molecule has 0 aliphatic heterocycles. The average molecular weight is 188 g/mol. The third kappa shape index (κ3) is 1.60. The molecule has 1 aliphatic rings. The number of benzene rings is 1. The smallest absolute Gasteiger partial charge is 0.101 e. The predicted octanol–water partition coefficient (Wildman–Crippen LogP) is 2.99. The van der Waals surface area contributed by atoms with E-state index in [0.717, 1.165) is 11.1 Å². The number of rotatable bonds is 2. The first-order valence-corrected chi connectivity index (χ1v) is 4.98. The van der Waals surface area contributed by atoms with E-state index in [0.29, 0.717) is 0 Å². The fraction of sp³-hybridized carbons (Fsp3) is 0.385.